The third-order valence-corrected chi connectivity index (χ3v) is 1.73. The maximum atomic E-state index is 9.43. The van der Waals surface area contributed by atoms with Crippen LogP contribution < -0.4 is 0 Å². The first-order valence-electron chi connectivity index (χ1n) is 2.07. The second kappa shape index (κ2) is 11.4. The first-order valence-corrected chi connectivity index (χ1v) is 4.14. The van der Waals surface area contributed by atoms with E-state index in [2.05, 4.69) is 0 Å². The van der Waals surface area contributed by atoms with Crippen molar-refractivity contribution in [3.05, 3.63) is 0 Å². The van der Waals surface area contributed by atoms with Gasteiger partial charge in [-0.1, -0.05) is 0 Å². The van der Waals surface area contributed by atoms with E-state index in [0.717, 1.165) is 18.8 Å². The molecule has 0 rings (SSSR count). The standard InChI is InChI=1S/C3H10O3Si.FH.Ru/c1-4-7(5-2)6-3;;/h7H,1-3H3;1H;/q;;+1/p-1. The predicted molar refractivity (Wildman–Crippen MR) is 29.3 cm³/mol. The van der Waals surface area contributed by atoms with Crippen LogP contribution in [0.5, 0.6) is 0 Å². The van der Waals surface area contributed by atoms with Crippen molar-refractivity contribution < 1.29 is 35.4 Å². The van der Waals surface area contributed by atoms with Gasteiger partial charge in [0.05, 0.1) is 0 Å². The molecule has 0 N–H and O–H groups in total. The molecule has 0 amide bonds. The maximum absolute atomic E-state index is 9.43. The molecule has 0 spiro atoms. The first kappa shape index (κ1) is 12.3. The van der Waals surface area contributed by atoms with Gasteiger partial charge in [0, 0.05) is 21.3 Å². The van der Waals surface area contributed by atoms with Crippen molar-refractivity contribution in [2.75, 3.05) is 21.3 Å². The molecule has 0 aliphatic heterocycles. The second-order valence-corrected chi connectivity index (χ2v) is 2.99. The van der Waals surface area contributed by atoms with Gasteiger partial charge in [-0.05, 0) is 0 Å². The van der Waals surface area contributed by atoms with Crippen LogP contribution in [0.2, 0.25) is 0 Å². The van der Waals surface area contributed by atoms with Gasteiger partial charge in [-0.15, -0.1) is 0 Å². The molecule has 0 aliphatic carbocycles. The van der Waals surface area contributed by atoms with Crippen molar-refractivity contribution >= 4 is 9.53 Å². The molecule has 0 saturated heterocycles. The van der Waals surface area contributed by atoms with Gasteiger partial charge in [-0.2, -0.15) is 0 Å². The van der Waals surface area contributed by atoms with Crippen LogP contribution in [0.3, 0.4) is 0 Å². The molecule has 0 unspecified atom stereocenters. The van der Waals surface area contributed by atoms with Crippen molar-refractivity contribution in [2.24, 2.45) is 0 Å². The van der Waals surface area contributed by atoms with Crippen LogP contribution in [0.15, 0.2) is 0 Å². The molecule has 0 aromatic rings. The Morgan fingerprint density at radius 1 is 1.00 bits per heavy atom. The zero-order chi connectivity index (χ0) is 7.70. The van der Waals surface area contributed by atoms with E-state index in [9.17, 15) is 3.32 Å². The van der Waals surface area contributed by atoms with Crippen LogP contribution in [0, 0.1) is 0 Å². The predicted octanol–water partition coefficient (Wildman–Crippen LogP) is 0.0605. The Hall–Kier alpha value is 0.650. The summed E-state index contributed by atoms with van der Waals surface area (Å²) in [4.78, 5) is 0. The summed E-state index contributed by atoms with van der Waals surface area (Å²) in [6.45, 7) is 0. The van der Waals surface area contributed by atoms with Crippen LogP contribution in [0.1, 0.15) is 0 Å². The van der Waals surface area contributed by atoms with E-state index in [1.165, 1.54) is 0 Å². The van der Waals surface area contributed by atoms with E-state index in [1.54, 1.807) is 21.3 Å². The summed E-state index contributed by atoms with van der Waals surface area (Å²) in [7, 11) is 3.05. The van der Waals surface area contributed by atoms with E-state index in [1.807, 2.05) is 0 Å². The monoisotopic (exact) mass is 243 g/mol. The summed E-state index contributed by atoms with van der Waals surface area (Å²) in [6.07, 6.45) is 0. The van der Waals surface area contributed by atoms with Gasteiger partial charge >= 0.3 is 31.6 Å². The third-order valence-electron chi connectivity index (χ3n) is 0.577. The van der Waals surface area contributed by atoms with E-state index in [0.29, 0.717) is 0 Å². The van der Waals surface area contributed by atoms with Crippen LogP contribution in [0.4, 0.5) is 3.32 Å². The Labute approximate surface area is 66.7 Å². The van der Waals surface area contributed by atoms with Gasteiger partial charge in [-0.3, -0.25) is 0 Å². The average molecular weight is 242 g/mol. The SMILES string of the molecule is CO[SiH](OC)OC.[F][Ru]. The number of hydrogen-bond donors (Lipinski definition) is 0. The van der Waals surface area contributed by atoms with Crippen molar-refractivity contribution in [3.8, 4) is 0 Å². The molecule has 0 radical (unpaired) electrons. The topological polar surface area (TPSA) is 27.7 Å². The summed E-state index contributed by atoms with van der Waals surface area (Å²) >= 11 is 0.850. The Kier molecular flexibility index (Phi) is 15.7. The van der Waals surface area contributed by atoms with Crippen LogP contribution in [-0.2, 0) is 32.1 Å². The van der Waals surface area contributed by atoms with E-state index in [-0.39, 0.29) is 0 Å². The zero-order valence-electron chi connectivity index (χ0n) is 5.53. The minimum absolute atomic E-state index is 0.850. The van der Waals surface area contributed by atoms with Crippen LogP contribution in [0.25, 0.3) is 0 Å². The Morgan fingerprint density at radius 3 is 1.22 bits per heavy atom. The van der Waals surface area contributed by atoms with Crippen LogP contribution in [-0.4, -0.2) is 30.9 Å². The van der Waals surface area contributed by atoms with Crippen molar-refractivity contribution in [1.82, 2.24) is 0 Å². The zero-order valence-corrected chi connectivity index (χ0v) is 8.43. The number of rotatable bonds is 3. The van der Waals surface area contributed by atoms with E-state index >= 15 is 0 Å². The molecule has 9 heavy (non-hydrogen) atoms. The molecule has 0 atom stereocenters. The third kappa shape index (κ3) is 8.65. The molecular weight excluding hydrogens is 232 g/mol. The van der Waals surface area contributed by atoms with Gasteiger partial charge in [0.15, 0.2) is 0 Å². The van der Waals surface area contributed by atoms with E-state index < -0.39 is 9.53 Å². The molecule has 0 aromatic carbocycles. The first-order chi connectivity index (χ1) is 4.35. The summed E-state index contributed by atoms with van der Waals surface area (Å²) in [6, 6.07) is 0. The Morgan fingerprint density at radius 2 is 1.22 bits per heavy atom. The quantitative estimate of drug-likeness (QED) is 0.655. The molecule has 6 heteroatoms. The summed E-state index contributed by atoms with van der Waals surface area (Å²) < 4.78 is 23.7. The number of halogens is 1. The summed E-state index contributed by atoms with van der Waals surface area (Å²) in [5, 5.41) is 0. The normalized spacial score (nSPS) is 8.67. The molecule has 59 valence electrons. The van der Waals surface area contributed by atoms with Crippen LogP contribution >= 0.6 is 0 Å². The molecule has 0 fully saturated rings. The van der Waals surface area contributed by atoms with Crippen molar-refractivity contribution in [1.29, 1.82) is 0 Å². The fourth-order valence-electron chi connectivity index (χ4n) is 0.289. The fraction of sp³-hybridized carbons (Fsp3) is 1.00. The fourth-order valence-corrected chi connectivity index (χ4v) is 0.866. The molecule has 3 nitrogen and oxygen atoms in total. The number of hydrogen-bond acceptors (Lipinski definition) is 3. The van der Waals surface area contributed by atoms with E-state index in [4.69, 9.17) is 13.3 Å². The Bertz CT molecular complexity index is 40.5. The summed E-state index contributed by atoms with van der Waals surface area (Å²) in [5.74, 6) is 0. The van der Waals surface area contributed by atoms with Gasteiger partial charge in [-0.25, -0.2) is 0 Å². The molecule has 0 aromatic heterocycles. The van der Waals surface area contributed by atoms with Gasteiger partial charge in [0.1, 0.15) is 0 Å². The Balaban J connectivity index is 0. The van der Waals surface area contributed by atoms with Crippen molar-refractivity contribution in [3.63, 3.8) is 0 Å². The van der Waals surface area contributed by atoms with Gasteiger partial charge in [0.25, 0.3) is 0 Å². The van der Waals surface area contributed by atoms with Gasteiger partial charge in [0.2, 0.25) is 0 Å². The molecule has 0 bridgehead atoms. The molecule has 0 saturated carbocycles. The average Bonchev–Trinajstić information content (AvgIpc) is 1.96. The summed E-state index contributed by atoms with van der Waals surface area (Å²) in [5.41, 5.74) is 0. The van der Waals surface area contributed by atoms with Gasteiger partial charge < -0.3 is 13.3 Å². The minimum atomic E-state index is -1.67. The second-order valence-electron chi connectivity index (χ2n) is 0.996. The molecule has 0 heterocycles. The molecule has 0 aliphatic rings. The van der Waals surface area contributed by atoms with Crippen molar-refractivity contribution in [2.45, 2.75) is 0 Å². The molecular formula is C3H10FO3RuSi.